The van der Waals surface area contributed by atoms with Crippen LogP contribution in [0.3, 0.4) is 0 Å². The highest BCUT2D eigenvalue weighted by molar-refractivity contribution is 6.29. The van der Waals surface area contributed by atoms with Crippen molar-refractivity contribution in [3.63, 3.8) is 0 Å². The Labute approximate surface area is 323 Å². The van der Waals surface area contributed by atoms with Crippen molar-refractivity contribution in [2.24, 2.45) is 0 Å². The highest BCUT2D eigenvalue weighted by atomic mass is 15.0. The van der Waals surface area contributed by atoms with Gasteiger partial charge in [-0.15, -0.1) is 0 Å². The summed E-state index contributed by atoms with van der Waals surface area (Å²) in [4.78, 5) is 0. The highest BCUT2D eigenvalue weighted by Crippen LogP contribution is 2.45. The second kappa shape index (κ2) is 12.0. The predicted molar refractivity (Wildman–Crippen MR) is 239 cm³/mol. The van der Waals surface area contributed by atoms with Gasteiger partial charge in [-0.25, -0.2) is 0 Å². The van der Waals surface area contributed by atoms with E-state index in [9.17, 15) is 0 Å². The molecule has 2 nitrogen and oxygen atoms in total. The molecule has 0 N–H and O–H groups in total. The summed E-state index contributed by atoms with van der Waals surface area (Å²) >= 11 is 0. The molecule has 0 aliphatic rings. The van der Waals surface area contributed by atoms with Gasteiger partial charge in [-0.2, -0.15) is 0 Å². The molecular formula is C54H34N2. The van der Waals surface area contributed by atoms with E-state index in [0.717, 1.165) is 11.4 Å². The zero-order valence-electron chi connectivity index (χ0n) is 30.5. The van der Waals surface area contributed by atoms with E-state index in [0.29, 0.717) is 0 Å². The Hall–Kier alpha value is -7.42. The van der Waals surface area contributed by atoms with E-state index in [1.54, 1.807) is 0 Å². The highest BCUT2D eigenvalue weighted by Gasteiger charge is 2.22. The average molecular weight is 711 g/mol. The molecular weight excluding hydrogens is 677 g/mol. The molecule has 2 aromatic heterocycles. The van der Waals surface area contributed by atoms with Crippen LogP contribution in [0.25, 0.3) is 110 Å². The minimum absolute atomic E-state index is 1.14. The smallest absolute Gasteiger partial charge is 0.0788 e. The molecule has 0 aliphatic carbocycles. The number of hydrogen-bond acceptors (Lipinski definition) is 0. The van der Waals surface area contributed by atoms with Crippen LogP contribution in [0.4, 0.5) is 0 Å². The molecule has 0 unspecified atom stereocenters. The van der Waals surface area contributed by atoms with Gasteiger partial charge in [-0.3, -0.25) is 0 Å². The van der Waals surface area contributed by atoms with E-state index in [2.05, 4.69) is 215 Å². The molecule has 0 atom stereocenters. The summed E-state index contributed by atoms with van der Waals surface area (Å²) in [5, 5.41) is 12.7. The van der Waals surface area contributed by atoms with Gasteiger partial charge in [0.15, 0.2) is 0 Å². The number of fused-ring (bicyclic) bond motifs is 13. The summed E-state index contributed by atoms with van der Waals surface area (Å²) in [6, 6.07) is 75.7. The van der Waals surface area contributed by atoms with Crippen LogP contribution in [0.15, 0.2) is 206 Å². The molecule has 0 amide bonds. The van der Waals surface area contributed by atoms with E-state index < -0.39 is 0 Å². The Bertz CT molecular complexity index is 3500. The number of aromatic nitrogens is 2. The van der Waals surface area contributed by atoms with E-state index in [4.69, 9.17) is 0 Å². The van der Waals surface area contributed by atoms with Crippen LogP contribution in [0.5, 0.6) is 0 Å². The molecule has 0 saturated heterocycles. The Morgan fingerprint density at radius 1 is 0.250 bits per heavy atom. The van der Waals surface area contributed by atoms with Gasteiger partial charge in [0.25, 0.3) is 0 Å². The first kappa shape index (κ1) is 31.0. The predicted octanol–water partition coefficient (Wildman–Crippen LogP) is 14.7. The number of para-hydroxylation sites is 3. The first-order valence-corrected chi connectivity index (χ1v) is 19.4. The fourth-order valence-corrected chi connectivity index (χ4v) is 9.46. The quantitative estimate of drug-likeness (QED) is 0.161. The van der Waals surface area contributed by atoms with Crippen molar-refractivity contribution in [3.8, 4) is 33.6 Å². The average Bonchev–Trinajstić information content (AvgIpc) is 3.80. The summed E-state index contributed by atoms with van der Waals surface area (Å²) < 4.78 is 4.95. The van der Waals surface area contributed by atoms with Gasteiger partial charge >= 0.3 is 0 Å². The van der Waals surface area contributed by atoms with E-state index in [1.165, 1.54) is 98.2 Å². The largest absolute Gasteiger partial charge is 0.307 e. The Balaban J connectivity index is 1.22. The minimum atomic E-state index is 1.14. The maximum atomic E-state index is 2.50. The molecule has 0 saturated carbocycles. The van der Waals surface area contributed by atoms with Crippen molar-refractivity contribution in [2.75, 3.05) is 0 Å². The lowest BCUT2D eigenvalue weighted by Gasteiger charge is -2.17. The first-order valence-electron chi connectivity index (χ1n) is 19.4. The maximum Gasteiger partial charge on any atom is 0.0788 e. The molecule has 12 rings (SSSR count). The third kappa shape index (κ3) is 4.44. The first-order chi connectivity index (χ1) is 27.8. The lowest BCUT2D eigenvalue weighted by molar-refractivity contribution is 1.15. The third-order valence-electron chi connectivity index (χ3n) is 11.9. The zero-order valence-corrected chi connectivity index (χ0v) is 30.5. The second-order valence-corrected chi connectivity index (χ2v) is 14.9. The van der Waals surface area contributed by atoms with E-state index in [1.807, 2.05) is 0 Å². The van der Waals surface area contributed by atoms with Crippen LogP contribution in [-0.2, 0) is 0 Å². The fourth-order valence-electron chi connectivity index (χ4n) is 9.46. The van der Waals surface area contributed by atoms with Gasteiger partial charge in [0, 0.05) is 32.9 Å². The van der Waals surface area contributed by atoms with E-state index in [-0.39, 0.29) is 0 Å². The Morgan fingerprint density at radius 3 is 1.36 bits per heavy atom. The van der Waals surface area contributed by atoms with Crippen molar-refractivity contribution in [3.05, 3.63) is 206 Å². The molecule has 10 aromatic carbocycles. The third-order valence-corrected chi connectivity index (χ3v) is 11.9. The minimum Gasteiger partial charge on any atom is -0.307 e. The summed E-state index contributed by atoms with van der Waals surface area (Å²) in [5.41, 5.74) is 12.0. The Kier molecular flexibility index (Phi) is 6.66. The molecule has 12 aromatic rings. The van der Waals surface area contributed by atoms with Crippen molar-refractivity contribution >= 4 is 75.9 Å². The summed E-state index contributed by atoms with van der Waals surface area (Å²) in [6.45, 7) is 0. The summed E-state index contributed by atoms with van der Waals surface area (Å²) in [7, 11) is 0. The molecule has 2 heterocycles. The number of nitrogens with zero attached hydrogens (tertiary/aromatic N) is 2. The van der Waals surface area contributed by atoms with Gasteiger partial charge in [0.1, 0.15) is 0 Å². The topological polar surface area (TPSA) is 9.86 Å². The fraction of sp³-hybridized carbons (Fsp3) is 0. The molecule has 2 heteroatoms. The molecule has 0 aliphatic heterocycles. The van der Waals surface area contributed by atoms with Gasteiger partial charge in [-0.1, -0.05) is 158 Å². The lowest BCUT2D eigenvalue weighted by Crippen LogP contribution is -1.98. The van der Waals surface area contributed by atoms with E-state index >= 15 is 0 Å². The Morgan fingerprint density at radius 2 is 0.714 bits per heavy atom. The van der Waals surface area contributed by atoms with Crippen molar-refractivity contribution in [1.29, 1.82) is 0 Å². The monoisotopic (exact) mass is 710 g/mol. The molecule has 0 fully saturated rings. The number of rotatable bonds is 4. The summed E-state index contributed by atoms with van der Waals surface area (Å²) in [6.07, 6.45) is 0. The van der Waals surface area contributed by atoms with Crippen molar-refractivity contribution in [2.45, 2.75) is 0 Å². The number of hydrogen-bond donors (Lipinski definition) is 0. The van der Waals surface area contributed by atoms with Gasteiger partial charge in [0.05, 0.1) is 22.1 Å². The zero-order chi connectivity index (χ0) is 36.7. The van der Waals surface area contributed by atoms with Gasteiger partial charge in [0.2, 0.25) is 0 Å². The van der Waals surface area contributed by atoms with Crippen molar-refractivity contribution in [1.82, 2.24) is 9.13 Å². The van der Waals surface area contributed by atoms with Crippen LogP contribution in [-0.4, -0.2) is 9.13 Å². The SMILES string of the molecule is c1ccc(-c2cc(-c3ccc4c5ccc6c7ccccc7n(-c7ccccc7)c6c5n(-c5ccccc5)c4c3)cc3c4ccccc4c4ccccc4c23)cc1. The summed E-state index contributed by atoms with van der Waals surface area (Å²) in [5.74, 6) is 0. The van der Waals surface area contributed by atoms with Crippen molar-refractivity contribution < 1.29 is 0 Å². The molecule has 260 valence electrons. The van der Waals surface area contributed by atoms with Gasteiger partial charge < -0.3 is 9.13 Å². The molecule has 56 heavy (non-hydrogen) atoms. The number of benzene rings is 10. The lowest BCUT2D eigenvalue weighted by atomic mass is 9.87. The van der Waals surface area contributed by atoms with Crippen LogP contribution in [0, 0.1) is 0 Å². The molecule has 0 bridgehead atoms. The van der Waals surface area contributed by atoms with Crippen LogP contribution < -0.4 is 0 Å². The van der Waals surface area contributed by atoms with Crippen LogP contribution in [0.2, 0.25) is 0 Å². The maximum absolute atomic E-state index is 2.50. The molecule has 0 radical (unpaired) electrons. The van der Waals surface area contributed by atoms with Gasteiger partial charge in [-0.05, 0) is 103 Å². The van der Waals surface area contributed by atoms with Crippen LogP contribution >= 0.6 is 0 Å². The molecule has 0 spiro atoms. The normalized spacial score (nSPS) is 11.9. The van der Waals surface area contributed by atoms with Crippen LogP contribution in [0.1, 0.15) is 0 Å². The standard InChI is InChI=1S/C54H34N2/c1-4-16-35(17-5-1)48-32-37(33-49-42-24-11-10-22-40(42)41-23-12-13-26-45(41)52(48)49)36-28-29-44-47-31-30-46-43-25-14-15-27-50(43)55(38-18-6-2-7-19-38)53(46)54(47)56(51(44)34-36)39-20-8-3-9-21-39/h1-34H. The second-order valence-electron chi connectivity index (χ2n) is 14.9.